The summed E-state index contributed by atoms with van der Waals surface area (Å²) in [4.78, 5) is 12.5. The fourth-order valence-corrected chi connectivity index (χ4v) is 5.81. The van der Waals surface area contributed by atoms with Crippen molar-refractivity contribution in [2.45, 2.75) is 61.4 Å². The highest BCUT2D eigenvalue weighted by atomic mass is 16.7. The third-order valence-corrected chi connectivity index (χ3v) is 8.84. The summed E-state index contributed by atoms with van der Waals surface area (Å²) in [5.41, 5.74) is 0.288. The van der Waals surface area contributed by atoms with E-state index in [9.17, 15) is 66.1 Å². The van der Waals surface area contributed by atoms with Gasteiger partial charge in [-0.25, -0.2) is 9.21 Å². The van der Waals surface area contributed by atoms with E-state index in [1.807, 2.05) is 0 Å². The Morgan fingerprint density at radius 2 is 1.27 bits per heavy atom. The zero-order chi connectivity index (χ0) is 39.7. The first-order chi connectivity index (χ1) is 26.1. The number of benzene rings is 3. The molecule has 2 saturated heterocycles. The van der Waals surface area contributed by atoms with Crippen molar-refractivity contribution < 1.29 is 94.2 Å². The maximum Gasteiger partial charge on any atom is 0.402 e. The minimum atomic E-state index is -1.94. The van der Waals surface area contributed by atoms with E-state index in [0.29, 0.717) is 5.56 Å². The highest BCUT2D eigenvalue weighted by molar-refractivity contribution is 5.89. The Morgan fingerprint density at radius 3 is 1.91 bits per heavy atom. The number of carbonyl (C=O) groups excluding carboxylic acids is 1. The van der Waals surface area contributed by atoms with Crippen LogP contribution in [0.1, 0.15) is 5.56 Å². The fraction of sp³-hybridized carbons (Fsp3) is 0.333. The number of phenols is 5. The van der Waals surface area contributed by atoms with Gasteiger partial charge in [-0.05, 0) is 35.9 Å². The van der Waals surface area contributed by atoms with E-state index in [1.54, 1.807) is 0 Å². The van der Waals surface area contributed by atoms with Gasteiger partial charge in [-0.3, -0.25) is 0 Å². The second-order valence-electron chi connectivity index (χ2n) is 12.7. The molecule has 0 saturated carbocycles. The van der Waals surface area contributed by atoms with Gasteiger partial charge in [-0.15, -0.1) is 0 Å². The molecule has 1 aromatic heterocycles. The van der Waals surface area contributed by atoms with Gasteiger partial charge < -0.3 is 85.0 Å². The van der Waals surface area contributed by atoms with Gasteiger partial charge in [0.05, 0.1) is 18.2 Å². The Kier molecular flexibility index (Phi) is 11.5. The van der Waals surface area contributed by atoms with Crippen LogP contribution in [0.15, 0.2) is 65.1 Å². The normalized spacial score (nSPS) is 28.3. The van der Waals surface area contributed by atoms with E-state index in [-0.39, 0.29) is 39.5 Å². The lowest BCUT2D eigenvalue weighted by Crippen LogP contribution is -2.60. The molecule has 0 aliphatic carbocycles. The number of hydrogen-bond acceptors (Lipinski definition) is 18. The number of aromatic hydroxyl groups is 5. The zero-order valence-corrected chi connectivity index (χ0v) is 28.3. The van der Waals surface area contributed by atoms with Crippen molar-refractivity contribution in [2.24, 2.45) is 0 Å². The van der Waals surface area contributed by atoms with Gasteiger partial charge in [-0.1, -0.05) is 6.07 Å². The minimum absolute atomic E-state index is 0.0124. The molecule has 3 aromatic carbocycles. The summed E-state index contributed by atoms with van der Waals surface area (Å²) in [7, 11) is 0. The Bertz CT molecular complexity index is 2050. The van der Waals surface area contributed by atoms with Crippen LogP contribution in [0.3, 0.4) is 0 Å². The number of fused-ring (bicyclic) bond motifs is 1. The summed E-state index contributed by atoms with van der Waals surface area (Å²) in [6.07, 6.45) is -15.1. The molecule has 12 N–H and O–H groups in total. The Hall–Kier alpha value is -5.48. The van der Waals surface area contributed by atoms with Crippen LogP contribution in [0.4, 0.5) is 0 Å². The molecular formula is C36H37O19+. The van der Waals surface area contributed by atoms with E-state index in [1.165, 1.54) is 36.4 Å². The van der Waals surface area contributed by atoms with Gasteiger partial charge in [0.2, 0.25) is 18.3 Å². The van der Waals surface area contributed by atoms with Crippen molar-refractivity contribution in [3.8, 4) is 51.6 Å². The van der Waals surface area contributed by atoms with Gasteiger partial charge in [-0.2, -0.15) is 0 Å². The summed E-state index contributed by atoms with van der Waals surface area (Å²) in [5.74, 6) is -3.99. The van der Waals surface area contributed by atoms with Crippen molar-refractivity contribution in [2.75, 3.05) is 13.2 Å². The summed E-state index contributed by atoms with van der Waals surface area (Å²) >= 11 is 0. The number of rotatable bonds is 10. The van der Waals surface area contributed by atoms with Crippen molar-refractivity contribution in [3.63, 3.8) is 0 Å². The van der Waals surface area contributed by atoms with Crippen LogP contribution in [0.5, 0.6) is 40.2 Å². The zero-order valence-electron chi connectivity index (χ0n) is 28.3. The number of phenolic OH excluding ortho intramolecular Hbond substituents is 5. The predicted molar refractivity (Wildman–Crippen MR) is 183 cm³/mol. The molecule has 0 spiro atoms. The molecule has 19 nitrogen and oxygen atoms in total. The van der Waals surface area contributed by atoms with Gasteiger partial charge in [0.15, 0.2) is 23.0 Å². The first kappa shape index (κ1) is 39.2. The molecule has 0 unspecified atom stereocenters. The standard InChI is InChI=1S/C36H36O19/c37-12-25-28(44)30(46)32(48)35(54-25)52-23-10-16(38)9-22-17(23)11-24(34(51-22)15-3-5-19(40)21(42)8-15)53-36-33(49)31(47)29(45)26(55-36)13-50-27(43)6-2-14-1-4-18(39)20(41)7-14/h1-11,25-26,28-33,35-37,44-49H,12-13H2,(H4-,38,39,40,41,42,43)/p+1/t25-,26-,28-,29-,30+,31+,32-,33-,35-,36-/m1/s1. The van der Waals surface area contributed by atoms with Gasteiger partial charge in [0.1, 0.15) is 72.3 Å². The van der Waals surface area contributed by atoms with Crippen molar-refractivity contribution >= 4 is 23.0 Å². The van der Waals surface area contributed by atoms with Crippen molar-refractivity contribution in [3.05, 3.63) is 66.2 Å². The Morgan fingerprint density at radius 1 is 0.673 bits per heavy atom. The predicted octanol–water partition coefficient (Wildman–Crippen LogP) is -0.469. The molecule has 0 amide bonds. The van der Waals surface area contributed by atoms with E-state index in [0.717, 1.165) is 30.3 Å². The molecule has 0 radical (unpaired) electrons. The average Bonchev–Trinajstić information content (AvgIpc) is 3.16. The molecule has 55 heavy (non-hydrogen) atoms. The lowest BCUT2D eigenvalue weighted by atomic mass is 9.99. The van der Waals surface area contributed by atoms with E-state index in [2.05, 4.69) is 0 Å². The third-order valence-electron chi connectivity index (χ3n) is 8.84. The fourth-order valence-electron chi connectivity index (χ4n) is 5.81. The van der Waals surface area contributed by atoms with Crippen LogP contribution in [0.2, 0.25) is 0 Å². The van der Waals surface area contributed by atoms with Crippen LogP contribution in [-0.4, -0.2) is 142 Å². The second kappa shape index (κ2) is 16.1. The summed E-state index contributed by atoms with van der Waals surface area (Å²) in [6.45, 7) is -1.42. The number of aliphatic hydroxyl groups is 7. The molecule has 2 fully saturated rings. The van der Waals surface area contributed by atoms with Crippen LogP contribution < -0.4 is 9.47 Å². The molecular weight excluding hydrogens is 736 g/mol. The largest absolute Gasteiger partial charge is 0.507 e. The second-order valence-corrected chi connectivity index (χ2v) is 12.7. The number of esters is 1. The first-order valence-corrected chi connectivity index (χ1v) is 16.5. The van der Waals surface area contributed by atoms with E-state index < -0.39 is 104 Å². The highest BCUT2D eigenvalue weighted by Crippen LogP contribution is 2.43. The monoisotopic (exact) mass is 773 g/mol. The lowest BCUT2D eigenvalue weighted by molar-refractivity contribution is -0.278. The topological polar surface area (TPSA) is 317 Å². The number of carbonyl (C=O) groups is 1. The van der Waals surface area contributed by atoms with E-state index in [4.69, 9.17) is 28.1 Å². The van der Waals surface area contributed by atoms with Gasteiger partial charge in [0, 0.05) is 24.3 Å². The van der Waals surface area contributed by atoms with Crippen LogP contribution in [-0.2, 0) is 19.0 Å². The maximum atomic E-state index is 12.5. The summed E-state index contributed by atoms with van der Waals surface area (Å²) < 4.78 is 34.2. The van der Waals surface area contributed by atoms with E-state index >= 15 is 0 Å². The minimum Gasteiger partial charge on any atom is -0.507 e. The number of ether oxygens (including phenoxy) is 5. The van der Waals surface area contributed by atoms with Crippen LogP contribution >= 0.6 is 0 Å². The van der Waals surface area contributed by atoms with Crippen LogP contribution in [0.25, 0.3) is 28.4 Å². The summed E-state index contributed by atoms with van der Waals surface area (Å²) in [5, 5.41) is 123. The first-order valence-electron chi connectivity index (χ1n) is 16.5. The smallest absolute Gasteiger partial charge is 0.402 e. The van der Waals surface area contributed by atoms with Gasteiger partial charge in [0.25, 0.3) is 0 Å². The average molecular weight is 774 g/mol. The van der Waals surface area contributed by atoms with Crippen molar-refractivity contribution in [1.29, 1.82) is 0 Å². The third kappa shape index (κ3) is 8.29. The molecule has 3 heterocycles. The molecule has 19 heteroatoms. The molecule has 294 valence electrons. The Labute approximate surface area is 309 Å². The number of hydrogen-bond donors (Lipinski definition) is 12. The molecule has 4 aromatic rings. The van der Waals surface area contributed by atoms with Crippen molar-refractivity contribution in [1.82, 2.24) is 0 Å². The summed E-state index contributed by atoms with van der Waals surface area (Å²) in [6, 6.07) is 10.8. The molecule has 6 rings (SSSR count). The maximum absolute atomic E-state index is 12.5. The lowest BCUT2D eigenvalue weighted by Gasteiger charge is -2.39. The quantitative estimate of drug-likeness (QED) is 0.0419. The Balaban J connectivity index is 1.31. The molecule has 2 aliphatic heterocycles. The SMILES string of the molecule is O=C(C=Cc1ccc(O)c(O)c1)OC[C@H]1O[C@@H](Oc2cc3c(O[C@@H]4O[C@H](CO)[C@@H](O)[C@H](O)[C@H]4O)cc(O)cc3[o+]c2-c2ccc(O)c(O)c2)[C@H](O)[C@@H](O)[C@@H]1O. The number of aliphatic hydroxyl groups excluding tert-OH is 7. The molecule has 10 atom stereocenters. The molecule has 0 bridgehead atoms. The van der Waals surface area contributed by atoms with Gasteiger partial charge >= 0.3 is 17.3 Å². The van der Waals surface area contributed by atoms with Crippen LogP contribution in [0, 0.1) is 0 Å². The molecule has 2 aliphatic rings. The highest BCUT2D eigenvalue weighted by Gasteiger charge is 2.47.